The molecule has 0 bridgehead atoms. The minimum Gasteiger partial charge on any atom is -0.453 e. The van der Waals surface area contributed by atoms with E-state index >= 15 is 0 Å². The van der Waals surface area contributed by atoms with Gasteiger partial charge in [-0.15, -0.1) is 0 Å². The van der Waals surface area contributed by atoms with Crippen molar-refractivity contribution in [2.45, 2.75) is 6.61 Å². The molecule has 1 aromatic carbocycles. The third-order valence-electron chi connectivity index (χ3n) is 3.86. The molecule has 7 nitrogen and oxygen atoms in total. The number of hydrogen-bond donors (Lipinski definition) is 0. The third-order valence-corrected chi connectivity index (χ3v) is 4.33. The molecule has 8 heteroatoms. The maximum atomic E-state index is 12.2. The number of carbonyl (C=O) groups is 1. The molecule has 4 aromatic rings. The molecule has 0 aliphatic heterocycles. The average Bonchev–Trinajstić information content (AvgIpc) is 2.66. The van der Waals surface area contributed by atoms with E-state index in [0.29, 0.717) is 22.3 Å². The van der Waals surface area contributed by atoms with Gasteiger partial charge in [0.2, 0.25) is 5.76 Å². The molecule has 0 fully saturated rings. The van der Waals surface area contributed by atoms with Crippen LogP contribution in [0.2, 0.25) is 0 Å². The van der Waals surface area contributed by atoms with Crippen molar-refractivity contribution in [1.29, 1.82) is 0 Å². The summed E-state index contributed by atoms with van der Waals surface area (Å²) in [6.07, 6.45) is 1.60. The number of carbonyl (C=O) groups excluding carboxylic acids is 1. The molecule has 134 valence electrons. The van der Waals surface area contributed by atoms with Crippen LogP contribution in [-0.4, -0.2) is 15.4 Å². The van der Waals surface area contributed by atoms with E-state index in [1.165, 1.54) is 10.5 Å². The third kappa shape index (κ3) is 3.39. The number of para-hydroxylation sites is 1. The Bertz CT molecular complexity index is 1310. The fourth-order valence-corrected chi connectivity index (χ4v) is 2.95. The second kappa shape index (κ2) is 6.81. The van der Waals surface area contributed by atoms with E-state index in [9.17, 15) is 14.4 Å². The monoisotopic (exact) mass is 426 g/mol. The van der Waals surface area contributed by atoms with Crippen molar-refractivity contribution in [2.24, 2.45) is 0 Å². The first-order valence-corrected chi connectivity index (χ1v) is 8.68. The number of nitrogens with zero attached hydrogens (tertiary/aromatic N) is 2. The second-order valence-corrected chi connectivity index (χ2v) is 6.62. The molecule has 0 atom stereocenters. The van der Waals surface area contributed by atoms with E-state index in [0.717, 1.165) is 10.5 Å². The van der Waals surface area contributed by atoms with Gasteiger partial charge in [0, 0.05) is 22.8 Å². The lowest BCUT2D eigenvalue weighted by molar-refractivity contribution is 0.0431. The van der Waals surface area contributed by atoms with Crippen LogP contribution in [0.3, 0.4) is 0 Å². The van der Waals surface area contributed by atoms with Gasteiger partial charge in [0.25, 0.3) is 5.56 Å². The molecule has 0 aliphatic rings. The van der Waals surface area contributed by atoms with Crippen molar-refractivity contribution in [1.82, 2.24) is 9.38 Å². The largest absolute Gasteiger partial charge is 0.453 e. The van der Waals surface area contributed by atoms with Crippen molar-refractivity contribution in [3.8, 4) is 0 Å². The predicted octanol–water partition coefficient (Wildman–Crippen LogP) is 2.92. The van der Waals surface area contributed by atoms with Gasteiger partial charge in [0.15, 0.2) is 5.43 Å². The van der Waals surface area contributed by atoms with Crippen LogP contribution in [0, 0.1) is 0 Å². The molecule has 3 heterocycles. The predicted molar refractivity (Wildman–Crippen MR) is 101 cm³/mol. The summed E-state index contributed by atoms with van der Waals surface area (Å²) < 4.78 is 12.7. The van der Waals surface area contributed by atoms with Crippen LogP contribution in [-0.2, 0) is 11.3 Å². The van der Waals surface area contributed by atoms with Crippen LogP contribution in [0.1, 0.15) is 16.2 Å². The normalized spacial score (nSPS) is 11.0. The van der Waals surface area contributed by atoms with Crippen LogP contribution >= 0.6 is 15.9 Å². The van der Waals surface area contributed by atoms with Gasteiger partial charge in [-0.05, 0) is 40.2 Å². The number of hydrogen-bond acceptors (Lipinski definition) is 6. The van der Waals surface area contributed by atoms with E-state index in [-0.39, 0.29) is 23.4 Å². The Morgan fingerprint density at radius 3 is 2.81 bits per heavy atom. The van der Waals surface area contributed by atoms with Gasteiger partial charge < -0.3 is 9.15 Å². The molecular formula is C19H11BrN2O5. The molecule has 0 spiro atoms. The summed E-state index contributed by atoms with van der Waals surface area (Å²) in [7, 11) is 0. The molecule has 27 heavy (non-hydrogen) atoms. The molecule has 0 aliphatic carbocycles. The van der Waals surface area contributed by atoms with Gasteiger partial charge >= 0.3 is 5.97 Å². The van der Waals surface area contributed by atoms with Crippen molar-refractivity contribution in [3.63, 3.8) is 0 Å². The van der Waals surface area contributed by atoms with Crippen molar-refractivity contribution < 1.29 is 13.9 Å². The minimum absolute atomic E-state index is 0.208. The summed E-state index contributed by atoms with van der Waals surface area (Å²) in [6.45, 7) is -0.225. The number of fused-ring (bicyclic) bond motifs is 2. The number of rotatable bonds is 3. The Kier molecular flexibility index (Phi) is 4.33. The fraction of sp³-hybridized carbons (Fsp3) is 0.0526. The van der Waals surface area contributed by atoms with Gasteiger partial charge in [0.05, 0.1) is 11.1 Å². The lowest BCUT2D eigenvalue weighted by Crippen LogP contribution is -2.17. The van der Waals surface area contributed by atoms with E-state index in [1.807, 2.05) is 0 Å². The van der Waals surface area contributed by atoms with Gasteiger partial charge in [-0.2, -0.15) is 0 Å². The Morgan fingerprint density at radius 2 is 1.96 bits per heavy atom. The zero-order valence-electron chi connectivity index (χ0n) is 13.7. The molecule has 0 saturated carbocycles. The highest BCUT2D eigenvalue weighted by molar-refractivity contribution is 9.10. The van der Waals surface area contributed by atoms with Crippen molar-refractivity contribution >= 4 is 38.5 Å². The number of aromatic nitrogens is 2. The molecule has 0 unspecified atom stereocenters. The van der Waals surface area contributed by atoms with Crippen molar-refractivity contribution in [2.75, 3.05) is 0 Å². The Hall–Kier alpha value is -3.26. The summed E-state index contributed by atoms with van der Waals surface area (Å²) in [5, 5.41) is 0.379. The molecule has 3 aromatic heterocycles. The van der Waals surface area contributed by atoms with Crippen LogP contribution in [0.15, 0.2) is 73.2 Å². The molecule has 4 rings (SSSR count). The highest BCUT2D eigenvalue weighted by Crippen LogP contribution is 2.13. The van der Waals surface area contributed by atoms with Crippen molar-refractivity contribution in [3.05, 3.63) is 91.2 Å². The first-order valence-electron chi connectivity index (χ1n) is 7.89. The van der Waals surface area contributed by atoms with Gasteiger partial charge in [-0.1, -0.05) is 12.1 Å². The molecule has 0 radical (unpaired) electrons. The summed E-state index contributed by atoms with van der Waals surface area (Å²) in [4.78, 5) is 40.7. The quantitative estimate of drug-likeness (QED) is 0.467. The second-order valence-electron chi connectivity index (χ2n) is 5.71. The summed E-state index contributed by atoms with van der Waals surface area (Å²) in [5.41, 5.74) is 0.374. The van der Waals surface area contributed by atoms with Gasteiger partial charge in [-0.3, -0.25) is 14.0 Å². The SMILES string of the molecule is O=C(OCc1cc(=O)n2cc(Br)ccc2n1)c1cc(=O)c2ccccc2o1. The van der Waals surface area contributed by atoms with Crippen LogP contribution in [0.4, 0.5) is 0 Å². The Morgan fingerprint density at radius 1 is 1.15 bits per heavy atom. The lowest BCUT2D eigenvalue weighted by atomic mass is 10.2. The molecule has 0 amide bonds. The molecule has 0 N–H and O–H groups in total. The topological polar surface area (TPSA) is 90.9 Å². The average molecular weight is 427 g/mol. The van der Waals surface area contributed by atoms with Crippen LogP contribution in [0.25, 0.3) is 16.6 Å². The van der Waals surface area contributed by atoms with E-state index in [2.05, 4.69) is 20.9 Å². The minimum atomic E-state index is -0.810. The van der Waals surface area contributed by atoms with Gasteiger partial charge in [0.1, 0.15) is 17.8 Å². The highest BCUT2D eigenvalue weighted by atomic mass is 79.9. The summed E-state index contributed by atoms with van der Waals surface area (Å²) in [6, 6.07) is 12.4. The standard InChI is InChI=1S/C19H11BrN2O5/c20-11-5-6-17-21-12(7-18(24)22(17)9-11)10-26-19(25)16-8-14(23)13-3-1-2-4-15(13)27-16/h1-9H,10H2. The van der Waals surface area contributed by atoms with E-state index in [4.69, 9.17) is 9.15 Å². The Labute approximate surface area is 160 Å². The summed E-state index contributed by atoms with van der Waals surface area (Å²) in [5.74, 6) is -1.02. The first kappa shape index (κ1) is 17.2. The maximum absolute atomic E-state index is 12.2. The zero-order valence-corrected chi connectivity index (χ0v) is 15.3. The number of ether oxygens (including phenoxy) is 1. The molecular weight excluding hydrogens is 416 g/mol. The number of pyridine rings is 1. The fourth-order valence-electron chi connectivity index (χ4n) is 2.62. The van der Waals surface area contributed by atoms with E-state index < -0.39 is 5.97 Å². The molecule has 0 saturated heterocycles. The smallest absolute Gasteiger partial charge is 0.374 e. The zero-order chi connectivity index (χ0) is 19.0. The number of halogens is 1. The van der Waals surface area contributed by atoms with E-state index in [1.54, 1.807) is 42.6 Å². The lowest BCUT2D eigenvalue weighted by Gasteiger charge is -2.06. The first-order chi connectivity index (χ1) is 13.0. The van der Waals surface area contributed by atoms with Crippen LogP contribution < -0.4 is 11.0 Å². The van der Waals surface area contributed by atoms with Crippen LogP contribution in [0.5, 0.6) is 0 Å². The number of esters is 1. The maximum Gasteiger partial charge on any atom is 0.374 e. The highest BCUT2D eigenvalue weighted by Gasteiger charge is 2.14. The Balaban J connectivity index is 1.59. The van der Waals surface area contributed by atoms with Gasteiger partial charge in [-0.25, -0.2) is 9.78 Å². The number of benzene rings is 1. The summed E-state index contributed by atoms with van der Waals surface area (Å²) >= 11 is 3.29.